The summed E-state index contributed by atoms with van der Waals surface area (Å²) in [5, 5.41) is 0. The van der Waals surface area contributed by atoms with E-state index in [1.165, 1.54) is 58.3 Å². The highest BCUT2D eigenvalue weighted by atomic mass is 16.5. The van der Waals surface area contributed by atoms with E-state index in [0.717, 1.165) is 12.3 Å². The first-order valence-corrected chi connectivity index (χ1v) is 9.53. The molecule has 4 rings (SSSR count). The van der Waals surface area contributed by atoms with Gasteiger partial charge in [-0.2, -0.15) is 0 Å². The molecular formula is C21H30O2. The number of ether oxygens (including phenoxy) is 1. The highest BCUT2D eigenvalue weighted by Gasteiger charge is 2.50. The van der Waals surface area contributed by atoms with Crippen LogP contribution in [0, 0.1) is 16.7 Å². The second kappa shape index (κ2) is 5.22. The van der Waals surface area contributed by atoms with E-state index in [0.29, 0.717) is 10.8 Å². The molecule has 0 N–H and O–H groups in total. The zero-order valence-electron chi connectivity index (χ0n) is 14.9. The molecule has 126 valence electrons. The molecule has 0 aromatic heterocycles. The molecule has 0 bridgehead atoms. The van der Waals surface area contributed by atoms with Crippen LogP contribution in [0.3, 0.4) is 0 Å². The third kappa shape index (κ3) is 2.32. The van der Waals surface area contributed by atoms with Crippen molar-refractivity contribution in [2.45, 2.75) is 84.7 Å². The van der Waals surface area contributed by atoms with Crippen molar-refractivity contribution in [3.05, 3.63) is 22.8 Å². The first kappa shape index (κ1) is 15.5. The number of hydrogen-bond donors (Lipinski definition) is 0. The number of carbonyl (C=O) groups is 1. The van der Waals surface area contributed by atoms with Gasteiger partial charge in [0.1, 0.15) is 6.10 Å². The van der Waals surface area contributed by atoms with Crippen molar-refractivity contribution in [3.63, 3.8) is 0 Å². The third-order valence-electron chi connectivity index (χ3n) is 7.50. The van der Waals surface area contributed by atoms with Crippen LogP contribution in [-0.4, -0.2) is 12.1 Å². The quantitative estimate of drug-likeness (QED) is 0.482. The standard InChI is InChI=1S/C21H30O2/c1-14(22)23-16-8-12-21(3)15(13-16)6-7-17-18-5-4-10-20(18,2)11-9-19(17)21/h13,16,19H,4-12H2,1-3H3/t16?,19-,20-,21-/m0/s1. The number of rotatable bonds is 1. The summed E-state index contributed by atoms with van der Waals surface area (Å²) in [6.45, 7) is 6.53. The van der Waals surface area contributed by atoms with Gasteiger partial charge in [0.2, 0.25) is 0 Å². The Bertz CT molecular complexity index is 599. The van der Waals surface area contributed by atoms with E-state index in [-0.39, 0.29) is 12.1 Å². The van der Waals surface area contributed by atoms with Crippen molar-refractivity contribution in [2.75, 3.05) is 0 Å². The van der Waals surface area contributed by atoms with E-state index in [4.69, 9.17) is 4.74 Å². The number of allylic oxidation sites excluding steroid dienone is 3. The van der Waals surface area contributed by atoms with Crippen molar-refractivity contribution in [1.29, 1.82) is 0 Å². The summed E-state index contributed by atoms with van der Waals surface area (Å²) in [7, 11) is 0. The zero-order valence-corrected chi connectivity index (χ0v) is 14.9. The summed E-state index contributed by atoms with van der Waals surface area (Å²) in [6, 6.07) is 0. The summed E-state index contributed by atoms with van der Waals surface area (Å²) in [6.07, 6.45) is 13.8. The minimum atomic E-state index is -0.145. The van der Waals surface area contributed by atoms with Gasteiger partial charge in [-0.3, -0.25) is 4.79 Å². The molecule has 0 amide bonds. The Morgan fingerprint density at radius 2 is 1.96 bits per heavy atom. The van der Waals surface area contributed by atoms with Crippen LogP contribution in [0.1, 0.15) is 78.6 Å². The fraction of sp³-hybridized carbons (Fsp3) is 0.762. The summed E-state index contributed by atoms with van der Waals surface area (Å²) >= 11 is 0. The van der Waals surface area contributed by atoms with Gasteiger partial charge in [0, 0.05) is 6.92 Å². The van der Waals surface area contributed by atoms with Gasteiger partial charge >= 0.3 is 5.97 Å². The van der Waals surface area contributed by atoms with Crippen molar-refractivity contribution in [1.82, 2.24) is 0 Å². The van der Waals surface area contributed by atoms with Crippen LogP contribution in [0.15, 0.2) is 22.8 Å². The maximum absolute atomic E-state index is 11.3. The lowest BCUT2D eigenvalue weighted by molar-refractivity contribution is -0.145. The Morgan fingerprint density at radius 1 is 1.13 bits per heavy atom. The number of carbonyl (C=O) groups excluding carboxylic acids is 1. The van der Waals surface area contributed by atoms with Gasteiger partial charge in [-0.15, -0.1) is 0 Å². The van der Waals surface area contributed by atoms with Crippen molar-refractivity contribution >= 4 is 5.97 Å². The summed E-state index contributed by atoms with van der Waals surface area (Å²) < 4.78 is 5.48. The van der Waals surface area contributed by atoms with E-state index in [1.807, 2.05) is 11.1 Å². The summed E-state index contributed by atoms with van der Waals surface area (Å²) in [4.78, 5) is 11.3. The van der Waals surface area contributed by atoms with Gasteiger partial charge in [-0.25, -0.2) is 0 Å². The monoisotopic (exact) mass is 314 g/mol. The topological polar surface area (TPSA) is 26.3 Å². The van der Waals surface area contributed by atoms with E-state index in [2.05, 4.69) is 19.9 Å². The predicted molar refractivity (Wildman–Crippen MR) is 91.9 cm³/mol. The molecule has 0 aromatic rings. The minimum absolute atomic E-state index is 0.0186. The Morgan fingerprint density at radius 3 is 2.74 bits per heavy atom. The van der Waals surface area contributed by atoms with Gasteiger partial charge in [0.15, 0.2) is 0 Å². The highest BCUT2D eigenvalue weighted by molar-refractivity contribution is 5.66. The van der Waals surface area contributed by atoms with Crippen LogP contribution < -0.4 is 0 Å². The lowest BCUT2D eigenvalue weighted by Gasteiger charge is -2.52. The molecule has 0 radical (unpaired) electrons. The Kier molecular flexibility index (Phi) is 3.52. The molecule has 0 aliphatic heterocycles. The van der Waals surface area contributed by atoms with E-state index in [1.54, 1.807) is 5.57 Å². The van der Waals surface area contributed by atoms with Gasteiger partial charge < -0.3 is 4.74 Å². The van der Waals surface area contributed by atoms with Gasteiger partial charge in [-0.05, 0) is 80.6 Å². The molecule has 2 fully saturated rings. The molecule has 4 aliphatic rings. The van der Waals surface area contributed by atoms with Gasteiger partial charge in [0.25, 0.3) is 0 Å². The fourth-order valence-corrected chi connectivity index (χ4v) is 6.25. The second-order valence-electron chi connectivity index (χ2n) is 8.81. The lowest BCUT2D eigenvalue weighted by Crippen LogP contribution is -2.42. The van der Waals surface area contributed by atoms with Gasteiger partial charge in [0.05, 0.1) is 0 Å². The van der Waals surface area contributed by atoms with Crippen molar-refractivity contribution in [3.8, 4) is 0 Å². The second-order valence-corrected chi connectivity index (χ2v) is 8.81. The number of esters is 1. The van der Waals surface area contributed by atoms with E-state index < -0.39 is 0 Å². The largest absolute Gasteiger partial charge is 0.458 e. The Labute approximate surface area is 140 Å². The lowest BCUT2D eigenvalue weighted by atomic mass is 9.52. The molecule has 0 heterocycles. The average Bonchev–Trinajstić information content (AvgIpc) is 2.89. The smallest absolute Gasteiger partial charge is 0.303 e. The molecular weight excluding hydrogens is 284 g/mol. The van der Waals surface area contributed by atoms with Crippen LogP contribution in [0.5, 0.6) is 0 Å². The zero-order chi connectivity index (χ0) is 16.2. The Balaban J connectivity index is 1.68. The van der Waals surface area contributed by atoms with E-state index >= 15 is 0 Å². The van der Waals surface area contributed by atoms with Crippen LogP contribution in [0.2, 0.25) is 0 Å². The van der Waals surface area contributed by atoms with E-state index in [9.17, 15) is 4.79 Å². The number of fused-ring (bicyclic) bond motifs is 4. The predicted octanol–water partition coefficient (Wildman–Crippen LogP) is 5.34. The minimum Gasteiger partial charge on any atom is -0.458 e. The van der Waals surface area contributed by atoms with Gasteiger partial charge in [-0.1, -0.05) is 30.6 Å². The third-order valence-corrected chi connectivity index (χ3v) is 7.50. The SMILES string of the molecule is CC(=O)OC1C=C2CCC3=C4CCC[C@@]4(C)CC[C@@H]3[C@@]2(C)CC1. The molecule has 4 atom stereocenters. The Hall–Kier alpha value is -1.05. The van der Waals surface area contributed by atoms with Crippen molar-refractivity contribution < 1.29 is 9.53 Å². The molecule has 23 heavy (non-hydrogen) atoms. The molecule has 2 nitrogen and oxygen atoms in total. The fourth-order valence-electron chi connectivity index (χ4n) is 6.25. The molecule has 2 heteroatoms. The molecule has 2 saturated carbocycles. The van der Waals surface area contributed by atoms with Crippen LogP contribution in [0.25, 0.3) is 0 Å². The normalized spacial score (nSPS) is 42.5. The molecule has 1 unspecified atom stereocenters. The maximum atomic E-state index is 11.3. The molecule has 0 spiro atoms. The average molecular weight is 314 g/mol. The summed E-state index contributed by atoms with van der Waals surface area (Å²) in [5.41, 5.74) is 6.10. The van der Waals surface area contributed by atoms with Crippen LogP contribution >= 0.6 is 0 Å². The van der Waals surface area contributed by atoms with Crippen LogP contribution in [0.4, 0.5) is 0 Å². The van der Waals surface area contributed by atoms with Crippen LogP contribution in [-0.2, 0) is 9.53 Å². The number of hydrogen-bond acceptors (Lipinski definition) is 2. The molecule has 0 saturated heterocycles. The van der Waals surface area contributed by atoms with Crippen molar-refractivity contribution in [2.24, 2.45) is 16.7 Å². The highest BCUT2D eigenvalue weighted by Crippen LogP contribution is 2.62. The summed E-state index contributed by atoms with van der Waals surface area (Å²) in [5.74, 6) is 0.607. The maximum Gasteiger partial charge on any atom is 0.303 e. The molecule has 0 aromatic carbocycles. The molecule has 4 aliphatic carbocycles. The first-order valence-electron chi connectivity index (χ1n) is 9.53. The first-order chi connectivity index (χ1) is 10.9.